The van der Waals surface area contributed by atoms with E-state index in [-0.39, 0.29) is 11.9 Å². The lowest BCUT2D eigenvalue weighted by atomic mass is 10.4. The fourth-order valence-electron chi connectivity index (χ4n) is 2.78. The van der Waals surface area contributed by atoms with Crippen molar-refractivity contribution < 1.29 is 9.85 Å². The molecule has 0 fully saturated rings. The van der Waals surface area contributed by atoms with Gasteiger partial charge in [0.1, 0.15) is 43.6 Å². The molecule has 0 aliphatic heterocycles. The zero-order valence-corrected chi connectivity index (χ0v) is 17.3. The van der Waals surface area contributed by atoms with E-state index in [2.05, 4.69) is 30.6 Å². The molecular weight excluding hydrogens is 424 g/mol. The highest BCUT2D eigenvalue weighted by atomic mass is 16.6. The maximum absolute atomic E-state index is 10.6. The molecule has 0 radical (unpaired) electrons. The highest BCUT2D eigenvalue weighted by Crippen LogP contribution is 2.11. The van der Waals surface area contributed by atoms with Crippen LogP contribution in [0.25, 0.3) is 0 Å². The molecule has 0 atom stereocenters. The van der Waals surface area contributed by atoms with E-state index in [1.165, 1.54) is 21.5 Å². The molecule has 0 saturated carbocycles. The Morgan fingerprint density at radius 1 is 0.906 bits per heavy atom. The van der Waals surface area contributed by atoms with Crippen LogP contribution in [0.2, 0.25) is 0 Å². The average molecular weight is 444 g/mol. The number of hydrogen-bond acceptors (Lipinski definition) is 10. The first-order valence-electron chi connectivity index (χ1n) is 9.50. The molecule has 0 bridgehead atoms. The van der Waals surface area contributed by atoms with Crippen molar-refractivity contribution in [2.45, 2.75) is 40.0 Å². The van der Waals surface area contributed by atoms with E-state index in [1.807, 2.05) is 13.8 Å². The number of hydrogen-bond donors (Lipinski definition) is 0. The van der Waals surface area contributed by atoms with Crippen molar-refractivity contribution in [3.8, 4) is 0 Å². The smallest absolute Gasteiger partial charge is 0.390 e. The maximum Gasteiger partial charge on any atom is 0.434 e. The van der Waals surface area contributed by atoms with Gasteiger partial charge in [-0.2, -0.15) is 0 Å². The largest absolute Gasteiger partial charge is 0.434 e. The number of nitro groups is 2. The number of rotatable bonds is 8. The molecule has 32 heavy (non-hydrogen) atoms. The van der Waals surface area contributed by atoms with E-state index < -0.39 is 9.85 Å². The van der Waals surface area contributed by atoms with Crippen LogP contribution in [0, 0.1) is 20.2 Å². The maximum atomic E-state index is 10.6. The Kier molecular flexibility index (Phi) is 6.94. The van der Waals surface area contributed by atoms with Crippen molar-refractivity contribution in [2.75, 3.05) is 0 Å². The highest BCUT2D eigenvalue weighted by molar-refractivity contribution is 5.10. The van der Waals surface area contributed by atoms with Crippen LogP contribution in [0.4, 0.5) is 11.9 Å². The fourth-order valence-corrected chi connectivity index (χ4v) is 2.78. The summed E-state index contributed by atoms with van der Waals surface area (Å²) >= 11 is 0. The van der Waals surface area contributed by atoms with Gasteiger partial charge in [-0.25, -0.2) is 13.8 Å². The highest BCUT2D eigenvalue weighted by Gasteiger charge is 2.16. The Labute approximate surface area is 180 Å². The van der Waals surface area contributed by atoms with Gasteiger partial charge in [0.05, 0.1) is 18.1 Å². The normalized spacial score (nSPS) is 10.6. The monoisotopic (exact) mass is 444 g/mol. The first kappa shape index (κ1) is 22.2. The summed E-state index contributed by atoms with van der Waals surface area (Å²) in [5.41, 5.74) is 1.48. The summed E-state index contributed by atoms with van der Waals surface area (Å²) in [7, 11) is 0. The van der Waals surface area contributed by atoms with Gasteiger partial charge in [-0.05, 0) is 23.7 Å². The molecule has 4 heterocycles. The van der Waals surface area contributed by atoms with E-state index in [0.29, 0.717) is 25.3 Å². The fraction of sp³-hybridized carbons (Fsp3) is 0.375. The lowest BCUT2D eigenvalue weighted by molar-refractivity contribution is -0.396. The van der Waals surface area contributed by atoms with Crippen LogP contribution >= 0.6 is 0 Å². The van der Waals surface area contributed by atoms with Crippen molar-refractivity contribution in [1.82, 2.24) is 49.1 Å². The van der Waals surface area contributed by atoms with Gasteiger partial charge in [0.2, 0.25) is 0 Å². The molecule has 0 amide bonds. The minimum atomic E-state index is -0.524. The quantitative estimate of drug-likeness (QED) is 0.279. The molecule has 4 aromatic rings. The summed E-state index contributed by atoms with van der Waals surface area (Å²) in [6, 6.07) is 0. The van der Waals surface area contributed by atoms with Crippen molar-refractivity contribution in [3.05, 3.63) is 68.8 Å². The van der Waals surface area contributed by atoms with Crippen molar-refractivity contribution >= 4 is 11.9 Å². The molecule has 0 unspecified atom stereocenters. The molecule has 0 saturated heterocycles. The van der Waals surface area contributed by atoms with Crippen molar-refractivity contribution in [1.29, 1.82) is 0 Å². The molecule has 4 aromatic heterocycles. The minimum absolute atomic E-state index is 0.177. The predicted octanol–water partition coefficient (Wildman–Crippen LogP) is 0.902. The molecule has 16 heteroatoms. The van der Waals surface area contributed by atoms with Crippen LogP contribution in [0.3, 0.4) is 0 Å². The molecule has 0 spiro atoms. The summed E-state index contributed by atoms with van der Waals surface area (Å²) in [4.78, 5) is 27.5. The summed E-state index contributed by atoms with van der Waals surface area (Å²) in [5, 5.41) is 36.6. The minimum Gasteiger partial charge on any atom is -0.390 e. The Morgan fingerprint density at radius 2 is 1.53 bits per heavy atom. The van der Waals surface area contributed by atoms with E-state index in [1.54, 1.807) is 34.2 Å². The SMILES string of the molecule is CCn1cc(Cn2ccnc2[N+](=O)[O-])nn1.CCn1nncc1Cn1ccnc1[N+](=O)[O-]. The molecule has 0 N–H and O–H groups in total. The van der Waals surface area contributed by atoms with Crippen LogP contribution in [0.1, 0.15) is 25.2 Å². The van der Waals surface area contributed by atoms with Gasteiger partial charge in [-0.3, -0.25) is 4.68 Å². The summed E-state index contributed by atoms with van der Waals surface area (Å²) in [6.45, 7) is 5.92. The van der Waals surface area contributed by atoms with Gasteiger partial charge in [0.15, 0.2) is 0 Å². The standard InChI is InChI=1S/2C8H10N6O2/c1-2-13-6-7(10-11-13)5-12-4-3-9-8(12)14(15)16;1-2-13-7(5-10-11-13)6-12-4-3-9-8(12)14(15)16/h3-4,6H,2,5H2,1H3;3-5H,2,6H2,1H3. The number of imidazole rings is 2. The first-order chi connectivity index (χ1) is 15.4. The van der Waals surface area contributed by atoms with E-state index in [9.17, 15) is 20.2 Å². The van der Waals surface area contributed by atoms with Gasteiger partial charge in [-0.15, -0.1) is 10.2 Å². The molecule has 168 valence electrons. The van der Waals surface area contributed by atoms with E-state index in [4.69, 9.17) is 0 Å². The van der Waals surface area contributed by atoms with Gasteiger partial charge < -0.3 is 20.2 Å². The summed E-state index contributed by atoms with van der Waals surface area (Å²) < 4.78 is 6.22. The Balaban J connectivity index is 0.000000181. The Hall–Kier alpha value is -4.50. The third-order valence-corrected chi connectivity index (χ3v) is 4.29. The van der Waals surface area contributed by atoms with E-state index in [0.717, 1.165) is 12.2 Å². The second-order valence-electron chi connectivity index (χ2n) is 6.33. The van der Waals surface area contributed by atoms with Gasteiger partial charge in [-0.1, -0.05) is 20.4 Å². The second-order valence-corrected chi connectivity index (χ2v) is 6.33. The molecule has 0 aliphatic carbocycles. The predicted molar refractivity (Wildman–Crippen MR) is 107 cm³/mol. The third-order valence-electron chi connectivity index (χ3n) is 4.29. The molecule has 0 aromatic carbocycles. The van der Waals surface area contributed by atoms with Crippen LogP contribution < -0.4 is 0 Å². The lowest BCUT2D eigenvalue weighted by Crippen LogP contribution is -2.09. The number of aryl methyl sites for hydroxylation is 2. The average Bonchev–Trinajstić information content (AvgIpc) is 3.56. The molecular formula is C16H20N12O4. The Bertz CT molecular complexity index is 1190. The molecule has 0 aliphatic rings. The van der Waals surface area contributed by atoms with Gasteiger partial charge in [0, 0.05) is 13.1 Å². The second kappa shape index (κ2) is 10.0. The van der Waals surface area contributed by atoms with Gasteiger partial charge >= 0.3 is 11.9 Å². The Morgan fingerprint density at radius 3 is 2.06 bits per heavy atom. The summed E-state index contributed by atoms with van der Waals surface area (Å²) in [5.74, 6) is -0.366. The number of aromatic nitrogens is 10. The summed E-state index contributed by atoms with van der Waals surface area (Å²) in [6.07, 6.45) is 9.24. The zero-order valence-electron chi connectivity index (χ0n) is 17.3. The third kappa shape index (κ3) is 5.15. The van der Waals surface area contributed by atoms with Crippen molar-refractivity contribution in [3.63, 3.8) is 0 Å². The molecule has 4 rings (SSSR count). The zero-order chi connectivity index (χ0) is 23.1. The van der Waals surface area contributed by atoms with E-state index >= 15 is 0 Å². The topological polar surface area (TPSA) is 183 Å². The van der Waals surface area contributed by atoms with Crippen LogP contribution in [-0.4, -0.2) is 58.9 Å². The first-order valence-corrected chi connectivity index (χ1v) is 9.50. The lowest BCUT2D eigenvalue weighted by Gasteiger charge is -2.02. The van der Waals surface area contributed by atoms with Crippen molar-refractivity contribution in [2.24, 2.45) is 0 Å². The van der Waals surface area contributed by atoms with Crippen LogP contribution in [0.5, 0.6) is 0 Å². The van der Waals surface area contributed by atoms with Crippen LogP contribution in [0.15, 0.2) is 37.2 Å². The van der Waals surface area contributed by atoms with Gasteiger partial charge in [0.25, 0.3) is 0 Å². The molecule has 16 nitrogen and oxygen atoms in total. The van der Waals surface area contributed by atoms with Crippen LogP contribution in [-0.2, 0) is 26.2 Å². The number of nitrogens with zero attached hydrogens (tertiary/aromatic N) is 12.